The summed E-state index contributed by atoms with van der Waals surface area (Å²) in [5.41, 5.74) is 7.04. The minimum Gasteiger partial charge on any atom is -0.478 e. The lowest BCUT2D eigenvalue weighted by molar-refractivity contribution is 0.0696. The van der Waals surface area contributed by atoms with Gasteiger partial charge >= 0.3 is 5.97 Å². The van der Waals surface area contributed by atoms with E-state index in [1.807, 2.05) is 37.4 Å². The molecule has 0 aliphatic rings. The lowest BCUT2D eigenvalue weighted by Crippen LogP contribution is -2.24. The van der Waals surface area contributed by atoms with E-state index in [1.165, 1.54) is 17.8 Å². The molecule has 0 bridgehead atoms. The first-order valence-electron chi connectivity index (χ1n) is 12.2. The summed E-state index contributed by atoms with van der Waals surface area (Å²) in [5.74, 6) is -0.969. The van der Waals surface area contributed by atoms with Gasteiger partial charge in [-0.3, -0.25) is 14.9 Å². The van der Waals surface area contributed by atoms with Crippen molar-refractivity contribution in [2.24, 2.45) is 0 Å². The van der Waals surface area contributed by atoms with Gasteiger partial charge < -0.3 is 5.11 Å². The van der Waals surface area contributed by atoms with E-state index >= 15 is 0 Å². The molecule has 0 unspecified atom stereocenters. The van der Waals surface area contributed by atoms with Crippen LogP contribution in [0.3, 0.4) is 0 Å². The highest BCUT2D eigenvalue weighted by Gasteiger charge is 2.14. The molecule has 0 aliphatic heterocycles. The van der Waals surface area contributed by atoms with Crippen molar-refractivity contribution in [3.8, 4) is 21.1 Å². The molecule has 7 nitrogen and oxygen atoms in total. The van der Waals surface area contributed by atoms with Crippen molar-refractivity contribution in [1.29, 1.82) is 0 Å². The van der Waals surface area contributed by atoms with Crippen LogP contribution in [0.5, 0.6) is 0 Å². The van der Waals surface area contributed by atoms with Gasteiger partial charge in [-0.25, -0.2) is 14.8 Å². The molecule has 0 saturated carbocycles. The Hall–Kier alpha value is -4.27. The maximum atomic E-state index is 11.5. The molecule has 5 rings (SSSR count). The van der Waals surface area contributed by atoms with Gasteiger partial charge in [0.1, 0.15) is 5.01 Å². The molecule has 0 amide bonds. The zero-order chi connectivity index (χ0) is 26.5. The Balaban J connectivity index is 1.39. The number of rotatable bonds is 9. The second-order valence-corrected chi connectivity index (χ2v) is 10.3. The molecule has 1 N–H and O–H groups in total. The highest BCUT2D eigenvalue weighted by molar-refractivity contribution is 7.18. The van der Waals surface area contributed by atoms with Gasteiger partial charge in [-0.15, -0.1) is 11.3 Å². The summed E-state index contributed by atoms with van der Waals surface area (Å²) in [4.78, 5) is 33.2. The van der Waals surface area contributed by atoms with Crippen LogP contribution in [0.4, 0.5) is 0 Å². The average Bonchev–Trinajstić information content (AvgIpc) is 3.40. The summed E-state index contributed by atoms with van der Waals surface area (Å²) in [6.45, 7) is 5.68. The van der Waals surface area contributed by atoms with Gasteiger partial charge in [0, 0.05) is 38.2 Å². The molecule has 190 valence electrons. The summed E-state index contributed by atoms with van der Waals surface area (Å²) < 4.78 is 0. The minimum atomic E-state index is -0.969. The third-order valence-electron chi connectivity index (χ3n) is 6.06. The number of benzene rings is 1. The highest BCUT2D eigenvalue weighted by Crippen LogP contribution is 2.31. The number of carboxylic acids is 1. The van der Waals surface area contributed by atoms with Gasteiger partial charge in [-0.2, -0.15) is 0 Å². The number of thiazole rings is 1. The number of nitrogens with zero attached hydrogens (tertiary/aromatic N) is 5. The van der Waals surface area contributed by atoms with Crippen LogP contribution in [0.15, 0.2) is 85.3 Å². The minimum absolute atomic E-state index is 0.219. The van der Waals surface area contributed by atoms with E-state index in [1.54, 1.807) is 23.6 Å². The van der Waals surface area contributed by atoms with Gasteiger partial charge in [0.25, 0.3) is 0 Å². The number of carbonyl (C=O) groups is 1. The molecule has 1 aromatic carbocycles. The third kappa shape index (κ3) is 6.34. The Morgan fingerprint density at radius 2 is 1.53 bits per heavy atom. The fraction of sp³-hybridized carbons (Fsp3) is 0.167. The van der Waals surface area contributed by atoms with Gasteiger partial charge in [-0.1, -0.05) is 35.9 Å². The van der Waals surface area contributed by atoms with Gasteiger partial charge in [0.15, 0.2) is 0 Å². The topological polar surface area (TPSA) is 92.1 Å². The van der Waals surface area contributed by atoms with E-state index in [9.17, 15) is 9.90 Å². The fourth-order valence-electron chi connectivity index (χ4n) is 4.17. The normalized spacial score (nSPS) is 11.1. The van der Waals surface area contributed by atoms with Crippen LogP contribution in [0.2, 0.25) is 0 Å². The Morgan fingerprint density at radius 3 is 2.26 bits per heavy atom. The number of hydrogen-bond acceptors (Lipinski definition) is 7. The number of aromatic carboxylic acids is 1. The second kappa shape index (κ2) is 11.4. The number of carboxylic acid groups (broad SMARTS) is 1. The molecule has 0 radical (unpaired) electrons. The lowest BCUT2D eigenvalue weighted by Gasteiger charge is -2.22. The molecule has 8 heteroatoms. The van der Waals surface area contributed by atoms with Gasteiger partial charge in [-0.05, 0) is 61.4 Å². The van der Waals surface area contributed by atoms with Crippen LogP contribution >= 0.6 is 11.3 Å². The molecule has 0 aliphatic carbocycles. The van der Waals surface area contributed by atoms with Crippen LogP contribution < -0.4 is 0 Å². The van der Waals surface area contributed by atoms with E-state index in [0.29, 0.717) is 25.3 Å². The van der Waals surface area contributed by atoms with Gasteiger partial charge in [0.2, 0.25) is 0 Å². The molecule has 38 heavy (non-hydrogen) atoms. The maximum Gasteiger partial charge on any atom is 0.335 e. The summed E-state index contributed by atoms with van der Waals surface area (Å²) in [6.07, 6.45) is 5.24. The molecule has 5 aromatic rings. The van der Waals surface area contributed by atoms with Crippen molar-refractivity contribution in [2.75, 3.05) is 0 Å². The van der Waals surface area contributed by atoms with E-state index in [2.05, 4.69) is 57.1 Å². The Labute approximate surface area is 225 Å². The molecule has 0 saturated heterocycles. The van der Waals surface area contributed by atoms with E-state index in [0.717, 1.165) is 38.1 Å². The summed E-state index contributed by atoms with van der Waals surface area (Å²) in [5, 5.41) is 10.3. The highest BCUT2D eigenvalue weighted by atomic mass is 32.1. The number of pyridine rings is 3. The number of hydrogen-bond donors (Lipinski definition) is 1. The van der Waals surface area contributed by atoms with Crippen LogP contribution in [-0.2, 0) is 19.6 Å². The largest absolute Gasteiger partial charge is 0.478 e. The third-order valence-corrected chi connectivity index (χ3v) is 7.13. The monoisotopic (exact) mass is 521 g/mol. The van der Waals surface area contributed by atoms with Crippen LogP contribution in [0.25, 0.3) is 21.1 Å². The molecular formula is C30H27N5O2S. The summed E-state index contributed by atoms with van der Waals surface area (Å²) in [7, 11) is 0. The SMILES string of the molecule is Cc1ccc(-c2cnc(-c3cccc(CN(Cc4cc(C)ccn4)Cc4cc(C(=O)O)ccn4)n3)s2)cc1. The molecule has 0 spiro atoms. The molecule has 4 aromatic heterocycles. The first-order chi connectivity index (χ1) is 18.4. The van der Waals surface area contributed by atoms with Crippen molar-refractivity contribution in [2.45, 2.75) is 33.5 Å². The predicted octanol–water partition coefficient (Wildman–Crippen LogP) is 6.18. The maximum absolute atomic E-state index is 11.5. The molecule has 4 heterocycles. The Bertz CT molecular complexity index is 1570. The zero-order valence-electron chi connectivity index (χ0n) is 21.2. The zero-order valence-corrected chi connectivity index (χ0v) is 22.0. The standard InChI is InChI=1S/C30H27N5O2S/c1-20-6-8-22(9-7-20)28-16-33-29(38-28)27-5-3-4-24(34-27)17-35(18-25-14-21(2)10-12-31-25)19-26-15-23(30(36)37)11-13-32-26/h3-16H,17-19H2,1-2H3,(H,36,37). The summed E-state index contributed by atoms with van der Waals surface area (Å²) >= 11 is 1.62. The van der Waals surface area contributed by atoms with Crippen molar-refractivity contribution in [1.82, 2.24) is 24.8 Å². The predicted molar refractivity (Wildman–Crippen MR) is 149 cm³/mol. The number of aryl methyl sites for hydroxylation is 2. The number of aromatic nitrogens is 4. The summed E-state index contributed by atoms with van der Waals surface area (Å²) in [6, 6.07) is 21.5. The van der Waals surface area contributed by atoms with Crippen molar-refractivity contribution in [3.63, 3.8) is 0 Å². The first-order valence-corrected chi connectivity index (χ1v) is 13.1. The quantitative estimate of drug-likeness (QED) is 0.248. The fourth-order valence-corrected chi connectivity index (χ4v) is 5.06. The Kier molecular flexibility index (Phi) is 7.62. The lowest BCUT2D eigenvalue weighted by atomic mass is 10.1. The smallest absolute Gasteiger partial charge is 0.335 e. The van der Waals surface area contributed by atoms with Gasteiger partial charge in [0.05, 0.1) is 33.2 Å². The first kappa shape index (κ1) is 25.4. The van der Waals surface area contributed by atoms with E-state index in [4.69, 9.17) is 4.98 Å². The van der Waals surface area contributed by atoms with E-state index in [-0.39, 0.29) is 5.56 Å². The van der Waals surface area contributed by atoms with Crippen molar-refractivity contribution < 1.29 is 9.90 Å². The van der Waals surface area contributed by atoms with Crippen molar-refractivity contribution in [3.05, 3.63) is 119 Å². The molecule has 0 fully saturated rings. The van der Waals surface area contributed by atoms with E-state index < -0.39 is 5.97 Å². The van der Waals surface area contributed by atoms with Crippen molar-refractivity contribution >= 4 is 17.3 Å². The van der Waals surface area contributed by atoms with Crippen LogP contribution in [0.1, 0.15) is 38.6 Å². The van der Waals surface area contributed by atoms with Crippen LogP contribution in [0, 0.1) is 13.8 Å². The molecular weight excluding hydrogens is 494 g/mol. The van der Waals surface area contributed by atoms with Crippen LogP contribution in [-0.4, -0.2) is 35.9 Å². The second-order valence-electron chi connectivity index (χ2n) is 9.22. The molecule has 0 atom stereocenters. The Morgan fingerprint density at radius 1 is 0.816 bits per heavy atom. The average molecular weight is 522 g/mol.